The Morgan fingerprint density at radius 1 is 1.39 bits per heavy atom. The van der Waals surface area contributed by atoms with Crippen LogP contribution in [-0.4, -0.2) is 12.2 Å². The highest BCUT2D eigenvalue weighted by Crippen LogP contribution is 2.24. The van der Waals surface area contributed by atoms with E-state index in [1.807, 2.05) is 38.2 Å². The summed E-state index contributed by atoms with van der Waals surface area (Å²) >= 11 is 3.45. The Labute approximate surface area is 114 Å². The minimum Gasteiger partial charge on any atom is -0.487 e. The molecule has 1 aromatic heterocycles. The van der Waals surface area contributed by atoms with Crippen LogP contribution >= 0.6 is 15.9 Å². The second-order valence-electron chi connectivity index (χ2n) is 4.00. The molecular formula is C13H15BrN2O2. The molecule has 0 aliphatic heterocycles. The Morgan fingerprint density at radius 3 is 2.89 bits per heavy atom. The zero-order valence-corrected chi connectivity index (χ0v) is 12.0. The highest BCUT2D eigenvalue weighted by Gasteiger charge is 2.06. The van der Waals surface area contributed by atoms with E-state index in [4.69, 9.17) is 9.26 Å². The van der Waals surface area contributed by atoms with Gasteiger partial charge < -0.3 is 14.6 Å². The van der Waals surface area contributed by atoms with Gasteiger partial charge in [0.25, 0.3) is 0 Å². The third kappa shape index (κ3) is 3.34. The molecule has 4 nitrogen and oxygen atoms in total. The minimum absolute atomic E-state index is 0.412. The van der Waals surface area contributed by atoms with E-state index >= 15 is 0 Å². The highest BCUT2D eigenvalue weighted by atomic mass is 79.9. The molecule has 0 saturated carbocycles. The fraction of sp³-hybridized carbons (Fsp3) is 0.308. The minimum atomic E-state index is 0.412. The Balaban J connectivity index is 2.08. The first-order valence-electron chi connectivity index (χ1n) is 5.67. The maximum absolute atomic E-state index is 5.76. The lowest BCUT2D eigenvalue weighted by atomic mass is 10.2. The summed E-state index contributed by atoms with van der Waals surface area (Å²) in [5, 5.41) is 7.02. The molecule has 0 aliphatic carbocycles. The van der Waals surface area contributed by atoms with Gasteiger partial charge in [0.15, 0.2) is 0 Å². The van der Waals surface area contributed by atoms with E-state index in [2.05, 4.69) is 26.4 Å². The van der Waals surface area contributed by atoms with Crippen molar-refractivity contribution in [2.45, 2.75) is 20.1 Å². The highest BCUT2D eigenvalue weighted by molar-refractivity contribution is 9.10. The normalized spacial score (nSPS) is 10.6. The summed E-state index contributed by atoms with van der Waals surface area (Å²) in [4.78, 5) is 0. The molecule has 18 heavy (non-hydrogen) atoms. The molecule has 0 aliphatic rings. The van der Waals surface area contributed by atoms with E-state index < -0.39 is 0 Å². The van der Waals surface area contributed by atoms with Crippen molar-refractivity contribution in [1.29, 1.82) is 0 Å². The molecule has 1 N–H and O–H groups in total. The third-order valence-electron chi connectivity index (χ3n) is 2.44. The second-order valence-corrected chi connectivity index (χ2v) is 4.92. The summed E-state index contributed by atoms with van der Waals surface area (Å²) in [6, 6.07) is 7.82. The van der Waals surface area contributed by atoms with Gasteiger partial charge in [0.1, 0.15) is 23.8 Å². The second kappa shape index (κ2) is 6.02. The topological polar surface area (TPSA) is 47.3 Å². The van der Waals surface area contributed by atoms with Gasteiger partial charge in [0.05, 0.1) is 0 Å². The van der Waals surface area contributed by atoms with Crippen LogP contribution < -0.4 is 10.1 Å². The van der Waals surface area contributed by atoms with Crippen molar-refractivity contribution in [3.63, 3.8) is 0 Å². The number of aryl methyl sites for hydroxylation is 1. The summed E-state index contributed by atoms with van der Waals surface area (Å²) < 4.78 is 11.8. The molecule has 0 unspecified atom stereocenters. The van der Waals surface area contributed by atoms with E-state index in [-0.39, 0.29) is 0 Å². The number of rotatable bonds is 5. The van der Waals surface area contributed by atoms with Gasteiger partial charge >= 0.3 is 0 Å². The van der Waals surface area contributed by atoms with E-state index in [9.17, 15) is 0 Å². The first-order valence-corrected chi connectivity index (χ1v) is 6.46. The van der Waals surface area contributed by atoms with Crippen LogP contribution in [0.3, 0.4) is 0 Å². The third-order valence-corrected chi connectivity index (χ3v) is 2.94. The smallest absolute Gasteiger partial charge is 0.134 e. The number of hydrogen-bond acceptors (Lipinski definition) is 4. The van der Waals surface area contributed by atoms with Crippen molar-refractivity contribution in [1.82, 2.24) is 10.5 Å². The number of nitrogens with one attached hydrogen (secondary N) is 1. The zero-order chi connectivity index (χ0) is 13.0. The Hall–Kier alpha value is -1.33. The molecule has 0 bridgehead atoms. The molecule has 2 aromatic rings. The molecule has 0 fully saturated rings. The van der Waals surface area contributed by atoms with Gasteiger partial charge in [-0.25, -0.2) is 0 Å². The summed E-state index contributed by atoms with van der Waals surface area (Å²) in [5.41, 5.74) is 1.90. The van der Waals surface area contributed by atoms with Crippen molar-refractivity contribution in [3.8, 4) is 5.75 Å². The molecule has 1 heterocycles. The molecule has 0 saturated heterocycles. The number of benzene rings is 1. The quantitative estimate of drug-likeness (QED) is 0.922. The first-order chi connectivity index (χ1) is 8.69. The summed E-state index contributed by atoms with van der Waals surface area (Å²) in [5.74, 6) is 1.65. The van der Waals surface area contributed by atoms with Crippen LogP contribution in [0.1, 0.15) is 17.0 Å². The van der Waals surface area contributed by atoms with Crippen molar-refractivity contribution in [3.05, 3.63) is 45.8 Å². The van der Waals surface area contributed by atoms with Crippen LogP contribution in [0.5, 0.6) is 5.75 Å². The monoisotopic (exact) mass is 310 g/mol. The van der Waals surface area contributed by atoms with Crippen molar-refractivity contribution in [2.24, 2.45) is 0 Å². The number of nitrogens with zero attached hydrogens (tertiary/aromatic N) is 1. The molecule has 0 atom stereocenters. The maximum Gasteiger partial charge on any atom is 0.134 e. The fourth-order valence-corrected chi connectivity index (χ4v) is 2.06. The Kier molecular flexibility index (Phi) is 4.38. The van der Waals surface area contributed by atoms with Gasteiger partial charge in [0.2, 0.25) is 0 Å². The van der Waals surface area contributed by atoms with Gasteiger partial charge in [-0.3, -0.25) is 0 Å². The molecular weight excluding hydrogens is 296 g/mol. The molecule has 5 heteroatoms. The largest absolute Gasteiger partial charge is 0.487 e. The lowest BCUT2D eigenvalue weighted by molar-refractivity contribution is 0.284. The summed E-state index contributed by atoms with van der Waals surface area (Å²) in [7, 11) is 1.91. The summed E-state index contributed by atoms with van der Waals surface area (Å²) in [6.07, 6.45) is 0. The van der Waals surface area contributed by atoms with Crippen LogP contribution in [0.25, 0.3) is 0 Å². The van der Waals surface area contributed by atoms with Gasteiger partial charge in [-0.2, -0.15) is 0 Å². The average molecular weight is 311 g/mol. The fourth-order valence-electron chi connectivity index (χ4n) is 1.66. The van der Waals surface area contributed by atoms with E-state index in [0.29, 0.717) is 6.61 Å². The van der Waals surface area contributed by atoms with Gasteiger partial charge in [-0.1, -0.05) is 21.1 Å². The lowest BCUT2D eigenvalue weighted by Crippen LogP contribution is -2.07. The van der Waals surface area contributed by atoms with Crippen LogP contribution in [0.15, 0.2) is 33.3 Å². The molecule has 0 radical (unpaired) electrons. The maximum atomic E-state index is 5.76. The average Bonchev–Trinajstić information content (AvgIpc) is 2.75. The van der Waals surface area contributed by atoms with Crippen LogP contribution in [0, 0.1) is 6.92 Å². The van der Waals surface area contributed by atoms with E-state index in [1.54, 1.807) is 0 Å². The molecule has 2 rings (SSSR count). The Bertz CT molecular complexity index is 525. The number of hydrogen-bond donors (Lipinski definition) is 1. The molecule has 96 valence electrons. The van der Waals surface area contributed by atoms with Crippen molar-refractivity contribution >= 4 is 15.9 Å². The van der Waals surface area contributed by atoms with E-state index in [0.717, 1.165) is 33.8 Å². The number of halogens is 1. The molecule has 0 amide bonds. The van der Waals surface area contributed by atoms with Gasteiger partial charge in [-0.05, 0) is 32.2 Å². The summed E-state index contributed by atoms with van der Waals surface area (Å²) in [6.45, 7) is 3.03. The van der Waals surface area contributed by atoms with Crippen molar-refractivity contribution < 1.29 is 9.26 Å². The molecule has 1 aromatic carbocycles. The van der Waals surface area contributed by atoms with E-state index in [1.165, 1.54) is 0 Å². The predicted octanol–water partition coefficient (Wildman–Crippen LogP) is 3.04. The van der Waals surface area contributed by atoms with Crippen LogP contribution in [-0.2, 0) is 13.2 Å². The van der Waals surface area contributed by atoms with Gasteiger partial charge in [-0.15, -0.1) is 0 Å². The Morgan fingerprint density at radius 2 is 2.22 bits per heavy atom. The standard InChI is InChI=1S/C13H15BrN2O2/c1-9-5-12(16-18-9)8-17-13-4-3-11(14)6-10(13)7-15-2/h3-6,15H,7-8H2,1-2H3. The molecule has 0 spiro atoms. The van der Waals surface area contributed by atoms with Crippen LogP contribution in [0.2, 0.25) is 0 Å². The first kappa shape index (κ1) is 13.1. The number of aromatic nitrogens is 1. The van der Waals surface area contributed by atoms with Crippen molar-refractivity contribution in [2.75, 3.05) is 7.05 Å². The zero-order valence-electron chi connectivity index (χ0n) is 10.4. The SMILES string of the molecule is CNCc1cc(Br)ccc1OCc1cc(C)on1. The van der Waals surface area contributed by atoms with Gasteiger partial charge in [0, 0.05) is 22.6 Å². The van der Waals surface area contributed by atoms with Crippen LogP contribution in [0.4, 0.5) is 0 Å². The number of ether oxygens (including phenoxy) is 1. The predicted molar refractivity (Wildman–Crippen MR) is 72.5 cm³/mol. The lowest BCUT2D eigenvalue weighted by Gasteiger charge is -2.10.